The fourth-order valence-corrected chi connectivity index (χ4v) is 3.17. The first-order valence-corrected chi connectivity index (χ1v) is 9.60. The number of hydrogen-bond acceptors (Lipinski definition) is 5. The van der Waals surface area contributed by atoms with Gasteiger partial charge in [-0.15, -0.1) is 0 Å². The van der Waals surface area contributed by atoms with Gasteiger partial charge in [-0.05, 0) is 32.9 Å². The van der Waals surface area contributed by atoms with Crippen molar-refractivity contribution in [3.63, 3.8) is 0 Å². The molecule has 1 aliphatic heterocycles. The van der Waals surface area contributed by atoms with Crippen LogP contribution < -0.4 is 15.0 Å². The van der Waals surface area contributed by atoms with Crippen LogP contribution in [0.4, 0.5) is 0 Å². The highest BCUT2D eigenvalue weighted by Gasteiger charge is 2.25. The van der Waals surface area contributed by atoms with Crippen LogP contribution in [0.5, 0.6) is 11.6 Å². The number of aryl methyl sites for hydroxylation is 1. The number of ether oxygens (including phenoxy) is 2. The van der Waals surface area contributed by atoms with Crippen LogP contribution in [0, 0.1) is 6.92 Å². The number of nitrogens with zero attached hydrogens (tertiary/aromatic N) is 3. The van der Waals surface area contributed by atoms with E-state index in [9.17, 15) is 9.59 Å². The molecule has 0 spiro atoms. The normalized spacial score (nSPS) is 15.0. The Morgan fingerprint density at radius 2 is 1.93 bits per heavy atom. The summed E-state index contributed by atoms with van der Waals surface area (Å²) in [5, 5.41) is 0. The average molecular weight is 385 g/mol. The molecule has 7 nitrogen and oxygen atoms in total. The first-order valence-electron chi connectivity index (χ1n) is 9.60. The Labute approximate surface area is 164 Å². The summed E-state index contributed by atoms with van der Waals surface area (Å²) in [6, 6.07) is 6.85. The first-order chi connectivity index (χ1) is 13.3. The van der Waals surface area contributed by atoms with Gasteiger partial charge in [0, 0.05) is 57.0 Å². The number of likely N-dealkylation sites (tertiary alicyclic amines) is 1. The predicted octanol–water partition coefficient (Wildman–Crippen LogP) is 2.56. The maximum atomic E-state index is 12.7. The second kappa shape index (κ2) is 8.46. The number of carbonyl (C=O) groups is 1. The van der Waals surface area contributed by atoms with E-state index in [2.05, 4.69) is 4.98 Å². The molecule has 1 aliphatic rings. The first kappa shape index (κ1) is 19.9. The van der Waals surface area contributed by atoms with Gasteiger partial charge in [-0.1, -0.05) is 0 Å². The standard InChI is InChI=1S/C21H27N3O4/c1-14(2)27-19-6-5-16(13-22-19)21(26)24-9-7-17(8-10-24)28-18-11-15(3)23(4)20(25)12-18/h5-6,11-14,17H,7-10H2,1-4H3. The summed E-state index contributed by atoms with van der Waals surface area (Å²) in [7, 11) is 1.74. The molecule has 2 aromatic heterocycles. The molecule has 3 heterocycles. The molecule has 0 N–H and O–H groups in total. The van der Waals surface area contributed by atoms with E-state index in [1.807, 2.05) is 31.7 Å². The Bertz CT molecular complexity index is 882. The molecular formula is C21H27N3O4. The lowest BCUT2D eigenvalue weighted by Crippen LogP contribution is -2.41. The van der Waals surface area contributed by atoms with E-state index in [-0.39, 0.29) is 23.7 Å². The van der Waals surface area contributed by atoms with Crippen molar-refractivity contribution in [3.05, 3.63) is 52.1 Å². The molecule has 0 aromatic carbocycles. The Morgan fingerprint density at radius 1 is 1.21 bits per heavy atom. The minimum Gasteiger partial charge on any atom is -0.490 e. The summed E-state index contributed by atoms with van der Waals surface area (Å²) < 4.78 is 13.1. The van der Waals surface area contributed by atoms with E-state index >= 15 is 0 Å². The van der Waals surface area contributed by atoms with Crippen LogP contribution in [0.25, 0.3) is 0 Å². The van der Waals surface area contributed by atoms with Crippen molar-refractivity contribution < 1.29 is 14.3 Å². The lowest BCUT2D eigenvalue weighted by atomic mass is 10.1. The minimum atomic E-state index is -0.0833. The van der Waals surface area contributed by atoms with Gasteiger partial charge in [0.1, 0.15) is 11.9 Å². The lowest BCUT2D eigenvalue weighted by Gasteiger charge is -2.32. The van der Waals surface area contributed by atoms with E-state index in [1.54, 1.807) is 29.9 Å². The molecule has 0 bridgehead atoms. The SMILES string of the molecule is Cc1cc(OC2CCN(C(=O)c3ccc(OC(C)C)nc3)CC2)cc(=O)n1C. The monoisotopic (exact) mass is 385 g/mol. The molecule has 3 rings (SSSR count). The van der Waals surface area contributed by atoms with Crippen molar-refractivity contribution in [1.82, 2.24) is 14.5 Å². The van der Waals surface area contributed by atoms with E-state index in [1.165, 1.54) is 6.07 Å². The Kier molecular flexibility index (Phi) is 6.02. The second-order valence-electron chi connectivity index (χ2n) is 7.39. The summed E-state index contributed by atoms with van der Waals surface area (Å²) in [6.45, 7) is 6.96. The van der Waals surface area contributed by atoms with E-state index < -0.39 is 0 Å². The zero-order valence-corrected chi connectivity index (χ0v) is 16.8. The van der Waals surface area contributed by atoms with Gasteiger partial charge >= 0.3 is 0 Å². The van der Waals surface area contributed by atoms with Crippen LogP contribution in [0.2, 0.25) is 0 Å². The third-order valence-corrected chi connectivity index (χ3v) is 4.85. The molecular weight excluding hydrogens is 358 g/mol. The van der Waals surface area contributed by atoms with Crippen molar-refractivity contribution >= 4 is 5.91 Å². The number of aromatic nitrogens is 2. The highest BCUT2D eigenvalue weighted by atomic mass is 16.5. The molecule has 150 valence electrons. The van der Waals surface area contributed by atoms with Gasteiger partial charge < -0.3 is 18.9 Å². The van der Waals surface area contributed by atoms with Gasteiger partial charge in [-0.3, -0.25) is 9.59 Å². The smallest absolute Gasteiger partial charge is 0.255 e. The number of piperidine rings is 1. The molecule has 0 aliphatic carbocycles. The van der Waals surface area contributed by atoms with Crippen molar-refractivity contribution in [3.8, 4) is 11.6 Å². The largest absolute Gasteiger partial charge is 0.490 e. The van der Waals surface area contributed by atoms with Crippen LogP contribution in [0.3, 0.4) is 0 Å². The molecule has 0 radical (unpaired) electrons. The Hall–Kier alpha value is -2.83. The molecule has 1 fully saturated rings. The third kappa shape index (κ3) is 4.71. The molecule has 1 saturated heterocycles. The van der Waals surface area contributed by atoms with Gasteiger partial charge in [-0.2, -0.15) is 0 Å². The van der Waals surface area contributed by atoms with Crippen LogP contribution >= 0.6 is 0 Å². The second-order valence-corrected chi connectivity index (χ2v) is 7.39. The topological polar surface area (TPSA) is 73.7 Å². The molecule has 0 atom stereocenters. The van der Waals surface area contributed by atoms with Crippen LogP contribution in [0.1, 0.15) is 42.7 Å². The molecule has 7 heteroatoms. The zero-order chi connectivity index (χ0) is 20.3. The Balaban J connectivity index is 1.56. The van der Waals surface area contributed by atoms with E-state index in [4.69, 9.17) is 9.47 Å². The molecule has 1 amide bonds. The van der Waals surface area contributed by atoms with Gasteiger partial charge in [0.05, 0.1) is 11.7 Å². The number of carbonyl (C=O) groups excluding carboxylic acids is 1. The van der Waals surface area contributed by atoms with Crippen molar-refractivity contribution in [2.75, 3.05) is 13.1 Å². The van der Waals surface area contributed by atoms with Crippen LogP contribution in [0.15, 0.2) is 35.3 Å². The van der Waals surface area contributed by atoms with Gasteiger partial charge in [0.25, 0.3) is 11.5 Å². The van der Waals surface area contributed by atoms with Gasteiger partial charge in [-0.25, -0.2) is 4.98 Å². The number of pyridine rings is 2. The maximum Gasteiger partial charge on any atom is 0.255 e. The minimum absolute atomic E-state index is 0.00417. The fraction of sp³-hybridized carbons (Fsp3) is 0.476. The van der Waals surface area contributed by atoms with Gasteiger partial charge in [0.2, 0.25) is 5.88 Å². The van der Waals surface area contributed by atoms with Crippen LogP contribution in [-0.4, -0.2) is 45.7 Å². The maximum absolute atomic E-state index is 12.7. The number of hydrogen-bond donors (Lipinski definition) is 0. The number of amides is 1. The highest BCUT2D eigenvalue weighted by Crippen LogP contribution is 2.20. The third-order valence-electron chi connectivity index (χ3n) is 4.85. The number of rotatable bonds is 5. The zero-order valence-electron chi connectivity index (χ0n) is 16.8. The molecule has 0 unspecified atom stereocenters. The average Bonchev–Trinajstić information content (AvgIpc) is 2.66. The summed E-state index contributed by atoms with van der Waals surface area (Å²) in [5.41, 5.74) is 1.32. The van der Waals surface area contributed by atoms with Crippen molar-refractivity contribution in [2.45, 2.75) is 45.8 Å². The molecule has 28 heavy (non-hydrogen) atoms. The molecule has 2 aromatic rings. The van der Waals surface area contributed by atoms with Crippen molar-refractivity contribution in [1.29, 1.82) is 0 Å². The van der Waals surface area contributed by atoms with E-state index in [0.29, 0.717) is 30.3 Å². The van der Waals surface area contributed by atoms with Gasteiger partial charge in [0.15, 0.2) is 0 Å². The van der Waals surface area contributed by atoms with Crippen LogP contribution in [-0.2, 0) is 7.05 Å². The van der Waals surface area contributed by atoms with E-state index in [0.717, 1.165) is 18.5 Å². The fourth-order valence-electron chi connectivity index (χ4n) is 3.17. The summed E-state index contributed by atoms with van der Waals surface area (Å²) in [5.74, 6) is 1.07. The quantitative estimate of drug-likeness (QED) is 0.791. The summed E-state index contributed by atoms with van der Waals surface area (Å²) in [4.78, 5) is 30.6. The highest BCUT2D eigenvalue weighted by molar-refractivity contribution is 5.94. The van der Waals surface area contributed by atoms with Crippen molar-refractivity contribution in [2.24, 2.45) is 7.05 Å². The Morgan fingerprint density at radius 3 is 2.50 bits per heavy atom. The lowest BCUT2D eigenvalue weighted by molar-refractivity contribution is 0.0594. The molecule has 0 saturated carbocycles. The summed E-state index contributed by atoms with van der Waals surface area (Å²) in [6.07, 6.45) is 3.05. The summed E-state index contributed by atoms with van der Waals surface area (Å²) >= 11 is 0. The predicted molar refractivity (Wildman–Crippen MR) is 106 cm³/mol.